The molecule has 0 saturated heterocycles. The van der Waals surface area contributed by atoms with Gasteiger partial charge in [0, 0.05) is 0 Å². The number of benzene rings is 1. The average molecular weight is 311 g/mol. The molecular formula is C15H21NO4S. The van der Waals surface area contributed by atoms with Gasteiger partial charge in [-0.05, 0) is 37.0 Å². The number of ether oxygens (including phenoxy) is 1. The van der Waals surface area contributed by atoms with E-state index >= 15 is 0 Å². The van der Waals surface area contributed by atoms with Gasteiger partial charge in [-0.2, -0.15) is 11.8 Å². The summed E-state index contributed by atoms with van der Waals surface area (Å²) in [6.45, 7) is 1.82. The van der Waals surface area contributed by atoms with E-state index in [0.717, 1.165) is 0 Å². The molecule has 1 amide bonds. The molecule has 0 spiro atoms. The van der Waals surface area contributed by atoms with Gasteiger partial charge in [-0.3, -0.25) is 4.79 Å². The van der Waals surface area contributed by atoms with Crippen LogP contribution in [0.5, 0.6) is 5.75 Å². The molecule has 1 aromatic carbocycles. The summed E-state index contributed by atoms with van der Waals surface area (Å²) in [6.07, 6.45) is 2.07. The van der Waals surface area contributed by atoms with Gasteiger partial charge in [-0.15, -0.1) is 0 Å². The van der Waals surface area contributed by atoms with Gasteiger partial charge in [0.15, 0.2) is 6.10 Å². The van der Waals surface area contributed by atoms with Crippen LogP contribution in [0.15, 0.2) is 30.3 Å². The molecule has 0 aliphatic rings. The summed E-state index contributed by atoms with van der Waals surface area (Å²) < 4.78 is 5.60. The van der Waals surface area contributed by atoms with Gasteiger partial charge >= 0.3 is 5.97 Å². The molecule has 0 aliphatic heterocycles. The van der Waals surface area contributed by atoms with E-state index in [0.29, 0.717) is 24.3 Å². The number of carbonyl (C=O) groups excluding carboxylic acids is 1. The van der Waals surface area contributed by atoms with Crippen LogP contribution in [0.2, 0.25) is 0 Å². The zero-order valence-electron chi connectivity index (χ0n) is 12.2. The fraction of sp³-hybridized carbons (Fsp3) is 0.467. The molecule has 21 heavy (non-hydrogen) atoms. The summed E-state index contributed by atoms with van der Waals surface area (Å²) in [4.78, 5) is 23.3. The molecular weight excluding hydrogens is 290 g/mol. The van der Waals surface area contributed by atoms with Crippen LogP contribution in [0.4, 0.5) is 0 Å². The van der Waals surface area contributed by atoms with Gasteiger partial charge < -0.3 is 15.2 Å². The van der Waals surface area contributed by atoms with E-state index < -0.39 is 24.0 Å². The minimum atomic E-state index is -1.02. The third-order valence-electron chi connectivity index (χ3n) is 2.91. The van der Waals surface area contributed by atoms with E-state index in [1.165, 1.54) is 0 Å². The summed E-state index contributed by atoms with van der Waals surface area (Å²) in [5, 5.41) is 11.7. The van der Waals surface area contributed by atoms with Crippen molar-refractivity contribution in [3.63, 3.8) is 0 Å². The molecule has 1 rings (SSSR count). The Morgan fingerprint density at radius 1 is 1.33 bits per heavy atom. The highest BCUT2D eigenvalue weighted by Crippen LogP contribution is 2.13. The van der Waals surface area contributed by atoms with Crippen LogP contribution in [-0.2, 0) is 9.59 Å². The lowest BCUT2D eigenvalue weighted by molar-refractivity contribution is -0.143. The van der Waals surface area contributed by atoms with Gasteiger partial charge in [0.2, 0.25) is 0 Å². The van der Waals surface area contributed by atoms with E-state index in [1.54, 1.807) is 23.9 Å². The highest BCUT2D eigenvalue weighted by molar-refractivity contribution is 7.98. The largest absolute Gasteiger partial charge is 0.481 e. The van der Waals surface area contributed by atoms with Crippen molar-refractivity contribution in [1.82, 2.24) is 5.32 Å². The second kappa shape index (κ2) is 9.28. The van der Waals surface area contributed by atoms with E-state index in [-0.39, 0.29) is 0 Å². The number of aliphatic carboxylic acids is 1. The van der Waals surface area contributed by atoms with E-state index in [2.05, 4.69) is 5.32 Å². The highest BCUT2D eigenvalue weighted by Gasteiger charge is 2.25. The number of para-hydroxylation sites is 1. The number of nitrogens with one attached hydrogen (secondary N) is 1. The Morgan fingerprint density at radius 3 is 2.52 bits per heavy atom. The Hall–Kier alpha value is -1.69. The first-order valence-corrected chi connectivity index (χ1v) is 8.21. The molecule has 0 saturated carbocycles. The minimum Gasteiger partial charge on any atom is -0.481 e. The predicted octanol–water partition coefficient (Wildman–Crippen LogP) is 2.17. The number of hydrogen-bond acceptors (Lipinski definition) is 4. The maximum atomic E-state index is 12.2. The molecule has 2 N–H and O–H groups in total. The van der Waals surface area contributed by atoms with Crippen molar-refractivity contribution in [2.24, 2.45) is 0 Å². The lowest BCUT2D eigenvalue weighted by atomic mass is 10.2. The van der Waals surface area contributed by atoms with Crippen LogP contribution in [0.3, 0.4) is 0 Å². The predicted molar refractivity (Wildman–Crippen MR) is 83.7 cm³/mol. The maximum absolute atomic E-state index is 12.2. The fourth-order valence-corrected chi connectivity index (χ4v) is 2.21. The van der Waals surface area contributed by atoms with Gasteiger partial charge in [-0.1, -0.05) is 25.1 Å². The van der Waals surface area contributed by atoms with Gasteiger partial charge in [-0.25, -0.2) is 4.79 Å². The number of rotatable bonds is 9. The van der Waals surface area contributed by atoms with Crippen molar-refractivity contribution in [3.05, 3.63) is 30.3 Å². The van der Waals surface area contributed by atoms with Crippen LogP contribution in [0.25, 0.3) is 0 Å². The summed E-state index contributed by atoms with van der Waals surface area (Å²) in [6, 6.07) is 8.14. The molecule has 5 nitrogen and oxygen atoms in total. The van der Waals surface area contributed by atoms with Crippen LogP contribution in [0, 0.1) is 0 Å². The SMILES string of the molecule is CCC(Oc1ccccc1)C(=O)N[C@H](CCSC)C(=O)O. The third kappa shape index (κ3) is 6.08. The highest BCUT2D eigenvalue weighted by atomic mass is 32.2. The zero-order chi connectivity index (χ0) is 15.7. The number of thioether (sulfide) groups is 1. The minimum absolute atomic E-state index is 0.393. The van der Waals surface area contributed by atoms with Crippen LogP contribution in [0.1, 0.15) is 19.8 Å². The van der Waals surface area contributed by atoms with Crippen molar-refractivity contribution in [1.29, 1.82) is 0 Å². The molecule has 1 unspecified atom stereocenters. The third-order valence-corrected chi connectivity index (χ3v) is 3.55. The monoisotopic (exact) mass is 311 g/mol. The normalized spacial score (nSPS) is 13.2. The lowest BCUT2D eigenvalue weighted by Crippen LogP contribution is -2.47. The Bertz CT molecular complexity index is 452. The molecule has 1 aromatic rings. The van der Waals surface area contributed by atoms with E-state index in [9.17, 15) is 9.59 Å². The van der Waals surface area contributed by atoms with Gasteiger partial charge in [0.1, 0.15) is 11.8 Å². The fourth-order valence-electron chi connectivity index (χ4n) is 1.74. The molecule has 0 fully saturated rings. The number of carboxylic acids is 1. The Balaban J connectivity index is 2.62. The van der Waals surface area contributed by atoms with Crippen molar-refractivity contribution in [3.8, 4) is 5.75 Å². The summed E-state index contributed by atoms with van der Waals surface area (Å²) >= 11 is 1.55. The van der Waals surface area contributed by atoms with Crippen LogP contribution >= 0.6 is 11.8 Å². The summed E-state index contributed by atoms with van der Waals surface area (Å²) in [5.74, 6) is -0.148. The first-order valence-electron chi connectivity index (χ1n) is 6.82. The van der Waals surface area contributed by atoms with Crippen molar-refractivity contribution >= 4 is 23.6 Å². The van der Waals surface area contributed by atoms with Crippen LogP contribution in [-0.4, -0.2) is 41.1 Å². The molecule has 116 valence electrons. The Morgan fingerprint density at radius 2 is 2.00 bits per heavy atom. The summed E-state index contributed by atoms with van der Waals surface area (Å²) in [5.41, 5.74) is 0. The number of carboxylic acid groups (broad SMARTS) is 1. The van der Waals surface area contributed by atoms with Gasteiger partial charge in [0.25, 0.3) is 5.91 Å². The topological polar surface area (TPSA) is 75.6 Å². The standard InChI is InChI=1S/C15H21NO4S/c1-3-13(20-11-7-5-4-6-8-11)14(17)16-12(15(18)19)9-10-21-2/h4-8,12-13H,3,9-10H2,1-2H3,(H,16,17)(H,18,19)/t12-,13?/m1/s1. The quantitative estimate of drug-likeness (QED) is 0.731. The Labute approximate surface area is 129 Å². The van der Waals surface area contributed by atoms with E-state index in [1.807, 2.05) is 31.4 Å². The van der Waals surface area contributed by atoms with Gasteiger partial charge in [0.05, 0.1) is 0 Å². The Kier molecular flexibility index (Phi) is 7.68. The molecule has 0 aliphatic carbocycles. The van der Waals surface area contributed by atoms with Crippen molar-refractivity contribution in [2.75, 3.05) is 12.0 Å². The molecule has 0 heterocycles. The average Bonchev–Trinajstić information content (AvgIpc) is 2.49. The lowest BCUT2D eigenvalue weighted by Gasteiger charge is -2.20. The molecule has 0 aromatic heterocycles. The molecule has 0 radical (unpaired) electrons. The zero-order valence-corrected chi connectivity index (χ0v) is 13.1. The smallest absolute Gasteiger partial charge is 0.326 e. The number of amides is 1. The second-order valence-corrected chi connectivity index (χ2v) is 5.49. The summed E-state index contributed by atoms with van der Waals surface area (Å²) in [7, 11) is 0. The first kappa shape index (κ1) is 17.4. The first-order chi connectivity index (χ1) is 10.1. The van der Waals surface area contributed by atoms with Crippen LogP contribution < -0.4 is 10.1 Å². The second-order valence-electron chi connectivity index (χ2n) is 4.51. The number of hydrogen-bond donors (Lipinski definition) is 2. The number of carbonyl (C=O) groups is 2. The van der Waals surface area contributed by atoms with Crippen molar-refractivity contribution < 1.29 is 19.4 Å². The van der Waals surface area contributed by atoms with E-state index in [4.69, 9.17) is 9.84 Å². The molecule has 6 heteroatoms. The molecule has 2 atom stereocenters. The molecule has 0 bridgehead atoms. The van der Waals surface area contributed by atoms with Crippen molar-refractivity contribution in [2.45, 2.75) is 31.9 Å². The maximum Gasteiger partial charge on any atom is 0.326 e.